The van der Waals surface area contributed by atoms with Crippen molar-refractivity contribution in [2.75, 3.05) is 0 Å². The van der Waals surface area contributed by atoms with Crippen LogP contribution in [0.1, 0.15) is 44.4 Å². The third kappa shape index (κ3) is 3.84. The van der Waals surface area contributed by atoms with E-state index in [2.05, 4.69) is 38.3 Å². The van der Waals surface area contributed by atoms with Gasteiger partial charge in [-0.3, -0.25) is 10.2 Å². The molecule has 0 aliphatic heterocycles. The largest absolute Gasteiger partial charge is 0.324 e. The molecule has 1 unspecified atom stereocenters. The Kier molecular flexibility index (Phi) is 4.26. The first-order chi connectivity index (χ1) is 7.84. The minimum atomic E-state index is -0.312. The molecule has 0 fully saturated rings. The van der Waals surface area contributed by atoms with Crippen LogP contribution < -0.4 is 17.0 Å². The molecule has 17 heavy (non-hydrogen) atoms. The molecule has 0 heterocycles. The minimum absolute atomic E-state index is 0.122. The number of hydrogen-bond donors (Lipinski definition) is 3. The van der Waals surface area contributed by atoms with Gasteiger partial charge in [-0.15, -0.1) is 0 Å². The Labute approximate surface area is 102 Å². The Morgan fingerprint density at radius 1 is 1.29 bits per heavy atom. The molecule has 1 aromatic carbocycles. The Morgan fingerprint density at radius 3 is 2.24 bits per heavy atom. The normalized spacial score (nSPS) is 13.2. The second-order valence-electron chi connectivity index (χ2n) is 5.25. The Bertz CT molecular complexity index is 379. The number of rotatable bonds is 3. The molecule has 4 heteroatoms. The molecule has 1 aromatic rings. The maximum atomic E-state index is 11.1. The third-order valence-corrected chi connectivity index (χ3v) is 2.77. The molecule has 1 atom stereocenters. The van der Waals surface area contributed by atoms with Crippen molar-refractivity contribution in [3.63, 3.8) is 0 Å². The van der Waals surface area contributed by atoms with Crippen LogP contribution in [0.5, 0.6) is 0 Å². The predicted molar refractivity (Wildman–Crippen MR) is 69.0 cm³/mol. The van der Waals surface area contributed by atoms with Gasteiger partial charge in [0.1, 0.15) is 0 Å². The van der Waals surface area contributed by atoms with Gasteiger partial charge >= 0.3 is 0 Å². The number of benzene rings is 1. The molecule has 0 aliphatic carbocycles. The Morgan fingerprint density at radius 2 is 1.82 bits per heavy atom. The van der Waals surface area contributed by atoms with E-state index in [-0.39, 0.29) is 23.8 Å². The first kappa shape index (κ1) is 13.7. The van der Waals surface area contributed by atoms with Gasteiger partial charge in [-0.1, -0.05) is 45.0 Å². The molecule has 0 radical (unpaired) electrons. The molecule has 1 rings (SSSR count). The molecular weight excluding hydrogens is 214 g/mol. The topological polar surface area (TPSA) is 81.1 Å². The lowest BCUT2D eigenvalue weighted by atomic mass is 9.86. The second-order valence-corrected chi connectivity index (χ2v) is 5.25. The van der Waals surface area contributed by atoms with Crippen molar-refractivity contribution in [2.24, 2.45) is 11.6 Å². The van der Waals surface area contributed by atoms with Crippen LogP contribution >= 0.6 is 0 Å². The number of hydrogen-bond acceptors (Lipinski definition) is 3. The summed E-state index contributed by atoms with van der Waals surface area (Å²) in [7, 11) is 0. The summed E-state index contributed by atoms with van der Waals surface area (Å²) in [5.41, 5.74) is 10.3. The number of hydrazine groups is 1. The number of carbonyl (C=O) groups is 1. The average Bonchev–Trinajstić information content (AvgIpc) is 2.27. The number of nitrogens with one attached hydrogen (secondary N) is 1. The highest BCUT2D eigenvalue weighted by Gasteiger charge is 2.15. The van der Waals surface area contributed by atoms with Crippen LogP contribution in [0.4, 0.5) is 0 Å². The van der Waals surface area contributed by atoms with Crippen LogP contribution in [0.25, 0.3) is 0 Å². The monoisotopic (exact) mass is 235 g/mol. The van der Waals surface area contributed by atoms with E-state index in [1.165, 1.54) is 5.56 Å². The molecule has 0 saturated carbocycles. The second kappa shape index (κ2) is 5.29. The first-order valence-electron chi connectivity index (χ1n) is 5.70. The molecule has 5 N–H and O–H groups in total. The maximum Gasteiger partial charge on any atom is 0.235 e. The van der Waals surface area contributed by atoms with Crippen LogP contribution in [0, 0.1) is 0 Å². The summed E-state index contributed by atoms with van der Waals surface area (Å²) in [6.07, 6.45) is 0.200. The average molecular weight is 235 g/mol. The van der Waals surface area contributed by atoms with Crippen LogP contribution in [0.3, 0.4) is 0 Å². The van der Waals surface area contributed by atoms with Gasteiger partial charge in [-0.2, -0.15) is 0 Å². The highest BCUT2D eigenvalue weighted by Crippen LogP contribution is 2.24. The molecule has 0 bridgehead atoms. The summed E-state index contributed by atoms with van der Waals surface area (Å²) in [6.45, 7) is 6.47. The quantitative estimate of drug-likeness (QED) is 0.420. The van der Waals surface area contributed by atoms with Crippen molar-refractivity contribution in [1.82, 2.24) is 5.43 Å². The highest BCUT2D eigenvalue weighted by molar-refractivity contribution is 5.76. The van der Waals surface area contributed by atoms with E-state index in [1.54, 1.807) is 0 Å². The third-order valence-electron chi connectivity index (χ3n) is 2.77. The molecule has 4 nitrogen and oxygen atoms in total. The lowest BCUT2D eigenvalue weighted by Crippen LogP contribution is -2.32. The van der Waals surface area contributed by atoms with E-state index in [4.69, 9.17) is 11.6 Å². The van der Waals surface area contributed by atoms with E-state index < -0.39 is 0 Å². The SMILES string of the molecule is CC(C)(C)c1ccc(C(N)CC(=O)NN)cc1. The lowest BCUT2D eigenvalue weighted by molar-refractivity contribution is -0.121. The van der Waals surface area contributed by atoms with Crippen LogP contribution in [-0.4, -0.2) is 5.91 Å². The molecule has 0 aromatic heterocycles. The molecule has 1 amide bonds. The van der Waals surface area contributed by atoms with E-state index in [0.29, 0.717) is 0 Å². The zero-order valence-corrected chi connectivity index (χ0v) is 10.7. The molecule has 0 aliphatic rings. The van der Waals surface area contributed by atoms with E-state index in [9.17, 15) is 4.79 Å². The van der Waals surface area contributed by atoms with Gasteiger partial charge in [0.2, 0.25) is 5.91 Å². The highest BCUT2D eigenvalue weighted by atomic mass is 16.2. The fraction of sp³-hybridized carbons (Fsp3) is 0.462. The van der Waals surface area contributed by atoms with Crippen molar-refractivity contribution in [1.29, 1.82) is 0 Å². The number of amides is 1. The summed E-state index contributed by atoms with van der Waals surface area (Å²) in [6, 6.07) is 7.72. The van der Waals surface area contributed by atoms with Gasteiger partial charge in [-0.05, 0) is 16.5 Å². The van der Waals surface area contributed by atoms with Crippen LogP contribution in [0.15, 0.2) is 24.3 Å². The van der Waals surface area contributed by atoms with Crippen molar-refractivity contribution < 1.29 is 4.79 Å². The van der Waals surface area contributed by atoms with Crippen molar-refractivity contribution in [3.05, 3.63) is 35.4 Å². The van der Waals surface area contributed by atoms with Crippen molar-refractivity contribution in [3.8, 4) is 0 Å². The zero-order valence-electron chi connectivity index (χ0n) is 10.7. The smallest absolute Gasteiger partial charge is 0.235 e. The summed E-state index contributed by atoms with van der Waals surface area (Å²) < 4.78 is 0. The summed E-state index contributed by atoms with van der Waals surface area (Å²) in [5, 5.41) is 0. The number of nitrogens with two attached hydrogens (primary N) is 2. The molecular formula is C13H21N3O. The Balaban J connectivity index is 2.77. The fourth-order valence-corrected chi connectivity index (χ4v) is 1.61. The van der Waals surface area contributed by atoms with Crippen LogP contribution in [0.2, 0.25) is 0 Å². The molecule has 94 valence electrons. The summed E-state index contributed by atoms with van der Waals surface area (Å²) in [4.78, 5) is 11.1. The van der Waals surface area contributed by atoms with Gasteiger partial charge in [0, 0.05) is 12.5 Å². The van der Waals surface area contributed by atoms with Gasteiger partial charge < -0.3 is 5.73 Å². The van der Waals surface area contributed by atoms with Crippen LogP contribution in [-0.2, 0) is 10.2 Å². The van der Waals surface area contributed by atoms with E-state index in [0.717, 1.165) is 5.56 Å². The van der Waals surface area contributed by atoms with E-state index in [1.807, 2.05) is 12.1 Å². The van der Waals surface area contributed by atoms with E-state index >= 15 is 0 Å². The van der Waals surface area contributed by atoms with Gasteiger partial charge in [0.05, 0.1) is 0 Å². The predicted octanol–water partition coefficient (Wildman–Crippen LogP) is 1.36. The lowest BCUT2D eigenvalue weighted by Gasteiger charge is -2.20. The standard InChI is InChI=1S/C13H21N3O/c1-13(2,3)10-6-4-9(5-7-10)11(14)8-12(17)16-15/h4-7,11H,8,14-15H2,1-3H3,(H,16,17). The Hall–Kier alpha value is -1.39. The van der Waals surface area contributed by atoms with Gasteiger partial charge in [0.25, 0.3) is 0 Å². The van der Waals surface area contributed by atoms with Crippen molar-refractivity contribution >= 4 is 5.91 Å². The van der Waals surface area contributed by atoms with Crippen molar-refractivity contribution in [2.45, 2.75) is 38.6 Å². The van der Waals surface area contributed by atoms with Gasteiger partial charge in [0.15, 0.2) is 0 Å². The minimum Gasteiger partial charge on any atom is -0.324 e. The summed E-state index contributed by atoms with van der Waals surface area (Å²) >= 11 is 0. The molecule has 0 saturated heterocycles. The zero-order chi connectivity index (χ0) is 13.1. The summed E-state index contributed by atoms with van der Waals surface area (Å²) in [5.74, 6) is 4.77. The number of carbonyl (C=O) groups excluding carboxylic acids is 1. The fourth-order valence-electron chi connectivity index (χ4n) is 1.61. The van der Waals surface area contributed by atoms with Gasteiger partial charge in [-0.25, -0.2) is 5.84 Å². The maximum absolute atomic E-state index is 11.1. The molecule has 0 spiro atoms. The first-order valence-corrected chi connectivity index (χ1v) is 5.70.